The van der Waals surface area contributed by atoms with Crippen LogP contribution in [-0.4, -0.2) is 41.7 Å². The van der Waals surface area contributed by atoms with Gasteiger partial charge in [0.15, 0.2) is 6.39 Å². The van der Waals surface area contributed by atoms with Crippen LogP contribution in [0.4, 0.5) is 5.69 Å². The molecule has 1 aliphatic heterocycles. The molecule has 1 N–H and O–H groups in total. The van der Waals surface area contributed by atoms with Crippen molar-refractivity contribution in [2.75, 3.05) is 24.6 Å². The summed E-state index contributed by atoms with van der Waals surface area (Å²) in [6, 6.07) is 11.7. The number of rotatable bonds is 9. The van der Waals surface area contributed by atoms with Crippen LogP contribution in [0.5, 0.6) is 11.6 Å². The van der Waals surface area contributed by atoms with Crippen molar-refractivity contribution in [1.29, 1.82) is 0 Å². The van der Waals surface area contributed by atoms with Crippen LogP contribution < -0.4 is 19.7 Å². The fraction of sp³-hybridized carbons (Fsp3) is 0.400. The molecule has 1 aromatic carbocycles. The van der Waals surface area contributed by atoms with Gasteiger partial charge in [-0.3, -0.25) is 4.79 Å². The van der Waals surface area contributed by atoms with Crippen LogP contribution >= 0.6 is 0 Å². The zero-order valence-corrected chi connectivity index (χ0v) is 18.6. The number of anilines is 1. The van der Waals surface area contributed by atoms with Gasteiger partial charge in [-0.25, -0.2) is 9.97 Å². The number of hydrogen-bond donors (Lipinski definition) is 1. The molecule has 5 rings (SSSR count). The maximum atomic E-state index is 12.1. The third-order valence-electron chi connectivity index (χ3n) is 6.08. The van der Waals surface area contributed by atoms with Crippen molar-refractivity contribution in [1.82, 2.24) is 15.3 Å². The quantitative estimate of drug-likeness (QED) is 0.529. The van der Waals surface area contributed by atoms with E-state index in [0.29, 0.717) is 11.8 Å². The van der Waals surface area contributed by atoms with Crippen molar-refractivity contribution in [3.05, 3.63) is 66.5 Å². The molecule has 0 radical (unpaired) electrons. The second kappa shape index (κ2) is 9.52. The Bertz CT molecular complexity index is 1070. The number of ether oxygens (including phenoxy) is 2. The van der Waals surface area contributed by atoms with E-state index in [1.54, 1.807) is 0 Å². The topological polar surface area (TPSA) is 89.7 Å². The number of pyridine rings is 1. The fourth-order valence-corrected chi connectivity index (χ4v) is 3.93. The molecule has 1 saturated carbocycles. The Morgan fingerprint density at radius 1 is 1.24 bits per heavy atom. The van der Waals surface area contributed by atoms with Gasteiger partial charge >= 0.3 is 0 Å². The number of carbonyl (C=O) groups excluding carboxylic acids is 1. The highest BCUT2D eigenvalue weighted by molar-refractivity contribution is 5.91. The molecule has 2 aromatic heterocycles. The summed E-state index contributed by atoms with van der Waals surface area (Å²) < 4.78 is 17.1. The Hall–Kier alpha value is -3.55. The molecule has 2 aliphatic rings. The lowest BCUT2D eigenvalue weighted by Crippen LogP contribution is -2.26. The van der Waals surface area contributed by atoms with Crippen molar-refractivity contribution in [2.24, 2.45) is 5.92 Å². The summed E-state index contributed by atoms with van der Waals surface area (Å²) in [7, 11) is 0. The molecule has 172 valence electrons. The van der Waals surface area contributed by atoms with Crippen LogP contribution in [0.25, 0.3) is 0 Å². The Balaban J connectivity index is 1.13. The highest BCUT2D eigenvalue weighted by atomic mass is 16.5. The lowest BCUT2D eigenvalue weighted by Gasteiger charge is -2.20. The third-order valence-corrected chi connectivity index (χ3v) is 6.08. The van der Waals surface area contributed by atoms with E-state index in [2.05, 4.69) is 20.2 Å². The van der Waals surface area contributed by atoms with Gasteiger partial charge in [0, 0.05) is 30.9 Å². The van der Waals surface area contributed by atoms with Crippen molar-refractivity contribution < 1.29 is 18.7 Å². The minimum atomic E-state index is -0.288. The lowest BCUT2D eigenvalue weighted by molar-refractivity contribution is 0.0912. The first-order valence-electron chi connectivity index (χ1n) is 11.4. The van der Waals surface area contributed by atoms with Gasteiger partial charge < -0.3 is 24.1 Å². The standard InChI is InChI=1S/C25H28N4O4/c1-17(28-25(30)23-13-26-16-32-23)19-4-6-21(7-5-19)33-22-9-11-29(14-22)20-8-10-27-24(12-20)31-15-18-2-3-18/h4-8,10,12-13,16-18,22H,2-3,9,11,14-15H2,1H3,(H,28,30)/t17-,22+/m0/s1. The van der Waals surface area contributed by atoms with E-state index in [-0.39, 0.29) is 23.8 Å². The molecule has 33 heavy (non-hydrogen) atoms. The number of nitrogens with zero attached hydrogens (tertiary/aromatic N) is 3. The van der Waals surface area contributed by atoms with Crippen LogP contribution in [0.15, 0.2) is 59.6 Å². The molecule has 3 heterocycles. The minimum Gasteiger partial charge on any atom is -0.489 e. The van der Waals surface area contributed by atoms with Gasteiger partial charge in [0.05, 0.1) is 25.4 Å². The van der Waals surface area contributed by atoms with E-state index in [1.165, 1.54) is 25.4 Å². The average Bonchev–Trinajstić information content (AvgIpc) is 3.29. The zero-order chi connectivity index (χ0) is 22.6. The molecule has 0 spiro atoms. The number of carbonyl (C=O) groups is 1. The molecule has 2 atom stereocenters. The van der Waals surface area contributed by atoms with Crippen molar-refractivity contribution in [2.45, 2.75) is 38.3 Å². The van der Waals surface area contributed by atoms with Crippen molar-refractivity contribution in [3.8, 4) is 11.6 Å². The third kappa shape index (κ3) is 5.45. The maximum Gasteiger partial charge on any atom is 0.289 e. The predicted octanol–water partition coefficient (Wildman–Crippen LogP) is 4.01. The summed E-state index contributed by atoms with van der Waals surface area (Å²) in [6.45, 7) is 4.44. The van der Waals surface area contributed by atoms with Crippen LogP contribution in [0, 0.1) is 5.92 Å². The van der Waals surface area contributed by atoms with Crippen LogP contribution in [-0.2, 0) is 0 Å². The first-order valence-corrected chi connectivity index (χ1v) is 11.4. The maximum absolute atomic E-state index is 12.1. The summed E-state index contributed by atoms with van der Waals surface area (Å²) in [5.41, 5.74) is 2.10. The normalized spacial score (nSPS) is 18.7. The predicted molar refractivity (Wildman–Crippen MR) is 123 cm³/mol. The molecule has 1 saturated heterocycles. The van der Waals surface area contributed by atoms with Gasteiger partial charge in [0.2, 0.25) is 11.6 Å². The van der Waals surface area contributed by atoms with Gasteiger partial charge in [-0.05, 0) is 49.4 Å². The van der Waals surface area contributed by atoms with Gasteiger partial charge in [-0.15, -0.1) is 0 Å². The summed E-state index contributed by atoms with van der Waals surface area (Å²) in [5, 5.41) is 2.90. The van der Waals surface area contributed by atoms with E-state index in [1.807, 2.05) is 49.5 Å². The highest BCUT2D eigenvalue weighted by Crippen LogP contribution is 2.30. The highest BCUT2D eigenvalue weighted by Gasteiger charge is 2.26. The van der Waals surface area contributed by atoms with Crippen LogP contribution in [0.2, 0.25) is 0 Å². The SMILES string of the molecule is C[C@H](NC(=O)c1cnco1)c1ccc(O[C@@H]2CCN(c3ccnc(OCC4CC4)c3)C2)cc1. The minimum absolute atomic E-state index is 0.114. The summed E-state index contributed by atoms with van der Waals surface area (Å²) in [5.74, 6) is 2.14. The first kappa shape index (κ1) is 21.3. The lowest BCUT2D eigenvalue weighted by atomic mass is 10.1. The van der Waals surface area contributed by atoms with Crippen molar-refractivity contribution in [3.63, 3.8) is 0 Å². The van der Waals surface area contributed by atoms with Crippen LogP contribution in [0.3, 0.4) is 0 Å². The van der Waals surface area contributed by atoms with E-state index >= 15 is 0 Å². The summed E-state index contributed by atoms with van der Waals surface area (Å²) in [6.07, 6.45) is 8.05. The number of nitrogens with one attached hydrogen (secondary N) is 1. The molecule has 8 nitrogen and oxygen atoms in total. The Morgan fingerprint density at radius 2 is 2.09 bits per heavy atom. The summed E-state index contributed by atoms with van der Waals surface area (Å²) >= 11 is 0. The molecule has 1 aliphatic carbocycles. The second-order valence-corrected chi connectivity index (χ2v) is 8.71. The largest absolute Gasteiger partial charge is 0.489 e. The molecule has 0 unspecified atom stereocenters. The molecular formula is C25H28N4O4. The smallest absolute Gasteiger partial charge is 0.289 e. The van der Waals surface area contributed by atoms with Gasteiger partial charge in [0.25, 0.3) is 5.91 Å². The van der Waals surface area contributed by atoms with Gasteiger partial charge in [0.1, 0.15) is 11.9 Å². The average molecular weight is 449 g/mol. The number of aromatic nitrogens is 2. The van der Waals surface area contributed by atoms with E-state index in [4.69, 9.17) is 13.9 Å². The first-order chi connectivity index (χ1) is 16.1. The number of benzene rings is 1. The molecule has 2 fully saturated rings. The monoisotopic (exact) mass is 448 g/mol. The van der Waals surface area contributed by atoms with E-state index in [9.17, 15) is 4.79 Å². The number of hydrogen-bond acceptors (Lipinski definition) is 7. The van der Waals surface area contributed by atoms with Gasteiger partial charge in [-0.1, -0.05) is 12.1 Å². The zero-order valence-electron chi connectivity index (χ0n) is 18.6. The fourth-order valence-electron chi connectivity index (χ4n) is 3.93. The Morgan fingerprint density at radius 3 is 2.85 bits per heavy atom. The van der Waals surface area contributed by atoms with Gasteiger partial charge in [-0.2, -0.15) is 0 Å². The van der Waals surface area contributed by atoms with E-state index < -0.39 is 0 Å². The van der Waals surface area contributed by atoms with E-state index in [0.717, 1.165) is 43.1 Å². The number of oxazole rings is 1. The number of amides is 1. The van der Waals surface area contributed by atoms with Crippen LogP contribution in [0.1, 0.15) is 48.3 Å². The molecular weight excluding hydrogens is 420 g/mol. The molecule has 0 bridgehead atoms. The molecule has 8 heteroatoms. The Labute approximate surface area is 192 Å². The summed E-state index contributed by atoms with van der Waals surface area (Å²) in [4.78, 5) is 22.6. The molecule has 3 aromatic rings. The molecule has 1 amide bonds. The van der Waals surface area contributed by atoms with Crippen molar-refractivity contribution >= 4 is 11.6 Å². The second-order valence-electron chi connectivity index (χ2n) is 8.71. The Kier molecular flexibility index (Phi) is 6.15.